The van der Waals surface area contributed by atoms with Gasteiger partial charge in [-0.1, -0.05) is 73.5 Å². The van der Waals surface area contributed by atoms with Gasteiger partial charge in [-0.25, -0.2) is 0 Å². The number of amides is 1. The van der Waals surface area contributed by atoms with Crippen molar-refractivity contribution in [3.8, 4) is 0 Å². The number of nitrogens with zero attached hydrogens (tertiary/aromatic N) is 1. The van der Waals surface area contributed by atoms with Crippen LogP contribution < -0.4 is 0 Å². The Bertz CT molecular complexity index is 557. The second kappa shape index (κ2) is 7.25. The molecule has 2 nitrogen and oxygen atoms in total. The molecule has 20 heavy (non-hydrogen) atoms. The Morgan fingerprint density at radius 3 is 2.80 bits per heavy atom. The molecule has 1 aromatic carbocycles. The Morgan fingerprint density at radius 1 is 1.35 bits per heavy atom. The van der Waals surface area contributed by atoms with Gasteiger partial charge >= 0.3 is 0 Å². The first kappa shape index (κ1) is 15.5. The number of thioether (sulfide) groups is 1. The number of unbranched alkanes of at least 4 members (excludes halogenated alkanes) is 2. The predicted octanol–water partition coefficient (Wildman–Crippen LogP) is 4.73. The van der Waals surface area contributed by atoms with Crippen LogP contribution in [0.3, 0.4) is 0 Å². The third kappa shape index (κ3) is 3.62. The standard InChI is InChI=1S/C15H16ClNOS2/c1-2-3-6-9-17-14(18)13(20-15(17)19)10-11-7-4-5-8-12(11)16/h4-5,7-8,10H,2-3,6,9H2,1H3. The van der Waals surface area contributed by atoms with Gasteiger partial charge in [0, 0.05) is 11.6 Å². The number of rotatable bonds is 5. The highest BCUT2D eigenvalue weighted by atomic mass is 35.5. The van der Waals surface area contributed by atoms with E-state index in [2.05, 4.69) is 6.92 Å². The molecule has 1 saturated heterocycles. The van der Waals surface area contributed by atoms with Crippen LogP contribution >= 0.6 is 35.6 Å². The van der Waals surface area contributed by atoms with E-state index < -0.39 is 0 Å². The van der Waals surface area contributed by atoms with Crippen molar-refractivity contribution in [3.05, 3.63) is 39.8 Å². The molecule has 0 bridgehead atoms. The van der Waals surface area contributed by atoms with E-state index in [1.807, 2.05) is 30.3 Å². The molecular weight excluding hydrogens is 310 g/mol. The number of hydrogen-bond acceptors (Lipinski definition) is 3. The summed E-state index contributed by atoms with van der Waals surface area (Å²) in [6.07, 6.45) is 5.05. The van der Waals surface area contributed by atoms with E-state index in [0.29, 0.717) is 20.8 Å². The fraction of sp³-hybridized carbons (Fsp3) is 0.333. The van der Waals surface area contributed by atoms with Crippen LogP contribution in [0, 0.1) is 0 Å². The first-order valence-corrected chi connectivity index (χ1v) is 8.23. The van der Waals surface area contributed by atoms with Gasteiger partial charge in [-0.2, -0.15) is 0 Å². The molecule has 0 spiro atoms. The van der Waals surface area contributed by atoms with Gasteiger partial charge < -0.3 is 0 Å². The van der Waals surface area contributed by atoms with Gasteiger partial charge in [0.2, 0.25) is 0 Å². The van der Waals surface area contributed by atoms with E-state index in [0.717, 1.165) is 24.8 Å². The largest absolute Gasteiger partial charge is 0.293 e. The van der Waals surface area contributed by atoms with Gasteiger partial charge in [-0.15, -0.1) is 0 Å². The average molecular weight is 326 g/mol. The number of thiocarbonyl (C=S) groups is 1. The molecule has 1 aliphatic rings. The SMILES string of the molecule is CCCCCN1C(=O)C(=Cc2ccccc2Cl)SC1=S. The van der Waals surface area contributed by atoms with Gasteiger partial charge in [0.05, 0.1) is 4.91 Å². The Labute approximate surface area is 134 Å². The first-order chi connectivity index (χ1) is 9.63. The number of carbonyl (C=O) groups excluding carboxylic acids is 1. The Kier molecular flexibility index (Phi) is 5.64. The van der Waals surface area contributed by atoms with Gasteiger partial charge in [0.1, 0.15) is 4.32 Å². The van der Waals surface area contributed by atoms with Crippen LogP contribution in [-0.2, 0) is 4.79 Å². The molecule has 1 amide bonds. The minimum absolute atomic E-state index is 0.00368. The molecule has 0 radical (unpaired) electrons. The summed E-state index contributed by atoms with van der Waals surface area (Å²) in [4.78, 5) is 14.7. The van der Waals surface area contributed by atoms with Crippen molar-refractivity contribution in [1.29, 1.82) is 0 Å². The first-order valence-electron chi connectivity index (χ1n) is 6.63. The Balaban J connectivity index is 2.13. The van der Waals surface area contributed by atoms with Crippen molar-refractivity contribution in [2.75, 3.05) is 6.54 Å². The van der Waals surface area contributed by atoms with E-state index in [-0.39, 0.29) is 5.91 Å². The highest BCUT2D eigenvalue weighted by Crippen LogP contribution is 2.33. The zero-order valence-corrected chi connectivity index (χ0v) is 13.7. The number of hydrogen-bond donors (Lipinski definition) is 0. The third-order valence-corrected chi connectivity index (χ3v) is 4.77. The summed E-state index contributed by atoms with van der Waals surface area (Å²) in [6, 6.07) is 7.48. The summed E-state index contributed by atoms with van der Waals surface area (Å²) < 4.78 is 0.643. The minimum Gasteiger partial charge on any atom is -0.293 e. The van der Waals surface area contributed by atoms with Crippen molar-refractivity contribution in [3.63, 3.8) is 0 Å². The monoisotopic (exact) mass is 325 g/mol. The normalized spacial score (nSPS) is 17.3. The lowest BCUT2D eigenvalue weighted by molar-refractivity contribution is -0.122. The average Bonchev–Trinajstić information content (AvgIpc) is 2.69. The highest BCUT2D eigenvalue weighted by molar-refractivity contribution is 8.26. The van der Waals surface area contributed by atoms with Crippen molar-refractivity contribution >= 4 is 51.9 Å². The summed E-state index contributed by atoms with van der Waals surface area (Å²) in [5.74, 6) is -0.00368. The number of benzene rings is 1. The van der Waals surface area contributed by atoms with Gasteiger partial charge in [-0.05, 0) is 24.1 Å². The maximum atomic E-state index is 12.3. The summed E-state index contributed by atoms with van der Waals surface area (Å²) in [6.45, 7) is 2.85. The smallest absolute Gasteiger partial charge is 0.266 e. The lowest BCUT2D eigenvalue weighted by Gasteiger charge is -2.13. The molecule has 0 unspecified atom stereocenters. The van der Waals surface area contributed by atoms with Gasteiger partial charge in [0.15, 0.2) is 0 Å². The van der Waals surface area contributed by atoms with Crippen LogP contribution in [0.25, 0.3) is 6.08 Å². The molecule has 2 rings (SSSR count). The molecule has 1 aromatic rings. The van der Waals surface area contributed by atoms with Gasteiger partial charge in [0.25, 0.3) is 5.91 Å². The minimum atomic E-state index is -0.00368. The quantitative estimate of drug-likeness (QED) is 0.443. The summed E-state index contributed by atoms with van der Waals surface area (Å²) in [7, 11) is 0. The van der Waals surface area contributed by atoms with E-state index in [9.17, 15) is 4.79 Å². The van der Waals surface area contributed by atoms with Gasteiger partial charge in [-0.3, -0.25) is 9.69 Å². The van der Waals surface area contributed by atoms with Crippen LogP contribution in [0.15, 0.2) is 29.2 Å². The van der Waals surface area contributed by atoms with E-state index in [1.54, 1.807) is 4.90 Å². The fourth-order valence-corrected chi connectivity index (χ4v) is 3.44. The zero-order chi connectivity index (χ0) is 14.5. The lowest BCUT2D eigenvalue weighted by atomic mass is 10.2. The van der Waals surface area contributed by atoms with Crippen molar-refractivity contribution in [2.24, 2.45) is 0 Å². The zero-order valence-electron chi connectivity index (χ0n) is 11.3. The molecule has 0 aromatic heterocycles. The second-order valence-electron chi connectivity index (χ2n) is 4.56. The molecule has 106 valence electrons. The van der Waals surface area contributed by atoms with Crippen molar-refractivity contribution in [2.45, 2.75) is 26.2 Å². The predicted molar refractivity (Wildman–Crippen MR) is 90.9 cm³/mol. The summed E-state index contributed by atoms with van der Waals surface area (Å²) >= 11 is 12.8. The van der Waals surface area contributed by atoms with Crippen LogP contribution in [0.2, 0.25) is 5.02 Å². The third-order valence-electron chi connectivity index (χ3n) is 3.05. The molecule has 0 saturated carbocycles. The summed E-state index contributed by atoms with van der Waals surface area (Å²) in [5, 5.41) is 0.642. The van der Waals surface area contributed by atoms with Crippen LogP contribution in [0.4, 0.5) is 0 Å². The van der Waals surface area contributed by atoms with Crippen molar-refractivity contribution in [1.82, 2.24) is 4.90 Å². The summed E-state index contributed by atoms with van der Waals surface area (Å²) in [5.41, 5.74) is 0.850. The van der Waals surface area contributed by atoms with Crippen LogP contribution in [-0.4, -0.2) is 21.7 Å². The topological polar surface area (TPSA) is 20.3 Å². The molecule has 5 heteroatoms. The van der Waals surface area contributed by atoms with E-state index in [1.165, 1.54) is 11.8 Å². The highest BCUT2D eigenvalue weighted by Gasteiger charge is 2.31. The fourth-order valence-electron chi connectivity index (χ4n) is 1.95. The molecule has 0 aliphatic carbocycles. The molecule has 1 heterocycles. The molecule has 0 atom stereocenters. The molecule has 0 N–H and O–H groups in total. The van der Waals surface area contributed by atoms with E-state index >= 15 is 0 Å². The Morgan fingerprint density at radius 2 is 2.10 bits per heavy atom. The molecule has 1 aliphatic heterocycles. The van der Waals surface area contributed by atoms with E-state index in [4.69, 9.17) is 23.8 Å². The van der Waals surface area contributed by atoms with Crippen molar-refractivity contribution < 1.29 is 4.79 Å². The maximum Gasteiger partial charge on any atom is 0.266 e. The molecule has 1 fully saturated rings. The Hall–Kier alpha value is -0.840. The number of carbonyl (C=O) groups is 1. The number of halogens is 1. The molecular formula is C15H16ClNOS2. The lowest BCUT2D eigenvalue weighted by Crippen LogP contribution is -2.28. The maximum absolute atomic E-state index is 12.3. The second-order valence-corrected chi connectivity index (χ2v) is 6.64. The van der Waals surface area contributed by atoms with Crippen LogP contribution in [0.5, 0.6) is 0 Å². The van der Waals surface area contributed by atoms with Crippen LogP contribution in [0.1, 0.15) is 31.7 Å².